The summed E-state index contributed by atoms with van der Waals surface area (Å²) >= 11 is 0. The molecular weight excluding hydrogens is 282 g/mol. The van der Waals surface area contributed by atoms with E-state index in [9.17, 15) is 4.79 Å². The van der Waals surface area contributed by atoms with Crippen molar-refractivity contribution in [1.29, 1.82) is 0 Å². The predicted molar refractivity (Wildman–Crippen MR) is 79.4 cm³/mol. The van der Waals surface area contributed by atoms with Crippen molar-refractivity contribution in [1.82, 2.24) is 4.98 Å². The summed E-state index contributed by atoms with van der Waals surface area (Å²) in [5.74, 6) is 0.0566. The topological polar surface area (TPSA) is 57.7 Å². The molecule has 114 valence electrons. The van der Waals surface area contributed by atoms with Crippen LogP contribution in [0.2, 0.25) is 0 Å². The summed E-state index contributed by atoms with van der Waals surface area (Å²) in [4.78, 5) is 16.6. The van der Waals surface area contributed by atoms with Gasteiger partial charge in [0.25, 0.3) is 0 Å². The fourth-order valence-electron chi connectivity index (χ4n) is 2.28. The number of hydrogen-bond donors (Lipinski definition) is 0. The molecule has 1 unspecified atom stereocenters. The van der Waals surface area contributed by atoms with Crippen LogP contribution in [0.4, 0.5) is 0 Å². The highest BCUT2D eigenvalue weighted by Crippen LogP contribution is 2.30. The van der Waals surface area contributed by atoms with Gasteiger partial charge in [-0.3, -0.25) is 4.98 Å². The van der Waals surface area contributed by atoms with Gasteiger partial charge in [0.15, 0.2) is 12.0 Å². The summed E-state index contributed by atoms with van der Waals surface area (Å²) in [5, 5.41) is 0. The van der Waals surface area contributed by atoms with Crippen molar-refractivity contribution in [2.45, 2.75) is 33.4 Å². The summed E-state index contributed by atoms with van der Waals surface area (Å²) in [6, 6.07) is 8.88. The van der Waals surface area contributed by atoms with Crippen molar-refractivity contribution in [3.05, 3.63) is 58.9 Å². The van der Waals surface area contributed by atoms with Gasteiger partial charge in [-0.1, -0.05) is 18.2 Å². The first-order chi connectivity index (χ1) is 10.6. The predicted octanol–water partition coefficient (Wildman–Crippen LogP) is 3.00. The number of benzene rings is 1. The van der Waals surface area contributed by atoms with Gasteiger partial charge in [0.1, 0.15) is 0 Å². The van der Waals surface area contributed by atoms with E-state index >= 15 is 0 Å². The van der Waals surface area contributed by atoms with Crippen molar-refractivity contribution >= 4 is 5.97 Å². The maximum Gasteiger partial charge on any atom is 0.343 e. The Morgan fingerprint density at radius 1 is 1.23 bits per heavy atom. The minimum atomic E-state index is -0.405. The van der Waals surface area contributed by atoms with E-state index in [0.717, 1.165) is 11.1 Å². The van der Waals surface area contributed by atoms with Gasteiger partial charge in [0.2, 0.25) is 0 Å². The van der Waals surface area contributed by atoms with Crippen LogP contribution in [-0.4, -0.2) is 17.2 Å². The van der Waals surface area contributed by atoms with Gasteiger partial charge >= 0.3 is 5.97 Å². The zero-order chi connectivity index (χ0) is 15.5. The lowest BCUT2D eigenvalue weighted by atomic mass is 10.1. The SMILES string of the molecule is Cc1ncc2c(c1OC(=O)c1ccccc1)COC(C)OC2. The number of nitrogens with zero attached hydrogens (tertiary/aromatic N) is 1. The molecule has 1 aromatic heterocycles. The fraction of sp³-hybridized carbons (Fsp3) is 0.294. The molecule has 0 bridgehead atoms. The normalized spacial score (nSPS) is 17.5. The Kier molecular flexibility index (Phi) is 4.18. The second kappa shape index (κ2) is 6.25. The van der Waals surface area contributed by atoms with E-state index in [1.165, 1.54) is 0 Å². The zero-order valence-corrected chi connectivity index (χ0v) is 12.5. The number of aromatic nitrogens is 1. The number of rotatable bonds is 2. The molecule has 0 saturated heterocycles. The summed E-state index contributed by atoms with van der Waals surface area (Å²) in [6.45, 7) is 4.36. The molecule has 0 amide bonds. The number of pyridine rings is 1. The van der Waals surface area contributed by atoms with Gasteiger partial charge in [-0.15, -0.1) is 0 Å². The van der Waals surface area contributed by atoms with Crippen LogP contribution in [0.15, 0.2) is 36.5 Å². The van der Waals surface area contributed by atoms with Crippen molar-refractivity contribution in [2.24, 2.45) is 0 Å². The monoisotopic (exact) mass is 299 g/mol. The minimum Gasteiger partial charge on any atom is -0.421 e. The third-order valence-electron chi connectivity index (χ3n) is 3.54. The Labute approximate surface area is 128 Å². The lowest BCUT2D eigenvalue weighted by Gasteiger charge is -2.13. The van der Waals surface area contributed by atoms with E-state index in [0.29, 0.717) is 30.2 Å². The van der Waals surface area contributed by atoms with Crippen LogP contribution in [0, 0.1) is 6.92 Å². The average Bonchev–Trinajstić information content (AvgIpc) is 2.73. The molecule has 1 aromatic carbocycles. The summed E-state index contributed by atoms with van der Waals surface area (Å²) < 4.78 is 16.7. The first-order valence-corrected chi connectivity index (χ1v) is 7.13. The molecule has 3 rings (SSSR count). The minimum absolute atomic E-state index is 0.301. The van der Waals surface area contributed by atoms with Crippen molar-refractivity contribution < 1.29 is 19.0 Å². The summed E-state index contributed by atoms with van der Waals surface area (Å²) in [5.41, 5.74) is 2.85. The molecule has 0 N–H and O–H groups in total. The third-order valence-corrected chi connectivity index (χ3v) is 3.54. The van der Waals surface area contributed by atoms with Crippen LogP contribution in [0.3, 0.4) is 0 Å². The van der Waals surface area contributed by atoms with Crippen LogP contribution >= 0.6 is 0 Å². The maximum absolute atomic E-state index is 12.3. The van der Waals surface area contributed by atoms with E-state index in [1.54, 1.807) is 30.5 Å². The average molecular weight is 299 g/mol. The fourth-order valence-corrected chi connectivity index (χ4v) is 2.28. The molecule has 5 heteroatoms. The Morgan fingerprint density at radius 3 is 2.73 bits per heavy atom. The highest BCUT2D eigenvalue weighted by atomic mass is 16.7. The van der Waals surface area contributed by atoms with Gasteiger partial charge in [0.05, 0.1) is 24.5 Å². The smallest absolute Gasteiger partial charge is 0.343 e. The maximum atomic E-state index is 12.3. The van der Waals surface area contributed by atoms with E-state index in [2.05, 4.69) is 4.98 Å². The summed E-state index contributed by atoms with van der Waals surface area (Å²) in [7, 11) is 0. The molecule has 0 saturated carbocycles. The molecule has 1 aliphatic heterocycles. The largest absolute Gasteiger partial charge is 0.421 e. The number of ether oxygens (including phenoxy) is 3. The molecular formula is C17H17NO4. The van der Waals surface area contributed by atoms with E-state index in [1.807, 2.05) is 19.9 Å². The second-order valence-electron chi connectivity index (χ2n) is 5.12. The van der Waals surface area contributed by atoms with E-state index < -0.39 is 5.97 Å². The third kappa shape index (κ3) is 3.00. The lowest BCUT2D eigenvalue weighted by Crippen LogP contribution is -2.13. The molecule has 0 fully saturated rings. The van der Waals surface area contributed by atoms with Crippen molar-refractivity contribution in [3.8, 4) is 5.75 Å². The summed E-state index contributed by atoms with van der Waals surface area (Å²) in [6.07, 6.45) is 1.44. The number of fused-ring (bicyclic) bond motifs is 1. The van der Waals surface area contributed by atoms with Crippen molar-refractivity contribution in [3.63, 3.8) is 0 Å². The number of hydrogen-bond acceptors (Lipinski definition) is 5. The number of aryl methyl sites for hydroxylation is 1. The van der Waals surface area contributed by atoms with E-state index in [4.69, 9.17) is 14.2 Å². The molecule has 2 heterocycles. The number of carbonyl (C=O) groups is 1. The number of carbonyl (C=O) groups excluding carboxylic acids is 1. The van der Waals surface area contributed by atoms with Gasteiger partial charge in [0, 0.05) is 17.3 Å². The van der Waals surface area contributed by atoms with Gasteiger partial charge < -0.3 is 14.2 Å². The molecule has 22 heavy (non-hydrogen) atoms. The Morgan fingerprint density at radius 2 is 1.95 bits per heavy atom. The molecule has 0 aliphatic carbocycles. The standard InChI is InChI=1S/C17H17NO4/c1-11-16(22-17(19)13-6-4-3-5-7-13)15-10-21-12(2)20-9-14(15)8-18-11/h3-8,12H,9-10H2,1-2H3. The van der Waals surface area contributed by atoms with Gasteiger partial charge in [-0.05, 0) is 26.0 Å². The Bertz CT molecular complexity index is 685. The molecule has 2 aromatic rings. The van der Waals surface area contributed by atoms with Crippen LogP contribution in [0.1, 0.15) is 34.1 Å². The highest BCUT2D eigenvalue weighted by Gasteiger charge is 2.22. The lowest BCUT2D eigenvalue weighted by molar-refractivity contribution is -0.136. The van der Waals surface area contributed by atoms with Crippen molar-refractivity contribution in [2.75, 3.05) is 0 Å². The Balaban J connectivity index is 1.92. The quantitative estimate of drug-likeness (QED) is 0.798. The van der Waals surface area contributed by atoms with Crippen LogP contribution in [-0.2, 0) is 22.7 Å². The first kappa shape index (κ1) is 14.7. The van der Waals surface area contributed by atoms with Crippen LogP contribution < -0.4 is 4.74 Å². The molecule has 0 spiro atoms. The van der Waals surface area contributed by atoms with Crippen LogP contribution in [0.25, 0.3) is 0 Å². The first-order valence-electron chi connectivity index (χ1n) is 7.13. The highest BCUT2D eigenvalue weighted by molar-refractivity contribution is 5.91. The number of esters is 1. The second-order valence-corrected chi connectivity index (χ2v) is 5.12. The molecule has 1 aliphatic rings. The van der Waals surface area contributed by atoms with Gasteiger partial charge in [-0.2, -0.15) is 0 Å². The molecule has 1 atom stereocenters. The van der Waals surface area contributed by atoms with E-state index in [-0.39, 0.29) is 6.29 Å². The molecule has 5 nitrogen and oxygen atoms in total. The zero-order valence-electron chi connectivity index (χ0n) is 12.5. The van der Waals surface area contributed by atoms with Gasteiger partial charge in [-0.25, -0.2) is 4.79 Å². The Hall–Kier alpha value is -2.24. The van der Waals surface area contributed by atoms with Crippen LogP contribution in [0.5, 0.6) is 5.75 Å². The molecule has 0 radical (unpaired) electrons.